The maximum Gasteiger partial charge on any atom is 0.258 e. The molecule has 3 aromatic rings. The van der Waals surface area contributed by atoms with Crippen LogP contribution in [-0.2, 0) is 0 Å². The molecule has 6 nitrogen and oxygen atoms in total. The third-order valence-corrected chi connectivity index (χ3v) is 5.55. The van der Waals surface area contributed by atoms with E-state index in [1.54, 1.807) is 30.3 Å². The smallest absolute Gasteiger partial charge is 0.258 e. The number of hydrogen-bond acceptors (Lipinski definition) is 4. The molecule has 0 saturated heterocycles. The summed E-state index contributed by atoms with van der Waals surface area (Å²) in [6, 6.07) is 15.5. The van der Waals surface area contributed by atoms with Gasteiger partial charge in [0.05, 0.1) is 23.4 Å². The van der Waals surface area contributed by atoms with Crippen LogP contribution in [-0.4, -0.2) is 42.7 Å². The molecule has 3 aromatic carbocycles. The highest BCUT2D eigenvalue weighted by molar-refractivity contribution is 6.31. The third kappa shape index (κ3) is 4.92. The van der Waals surface area contributed by atoms with E-state index in [0.717, 1.165) is 6.54 Å². The Morgan fingerprint density at radius 3 is 2.41 bits per heavy atom. The van der Waals surface area contributed by atoms with Gasteiger partial charge in [-0.25, -0.2) is 4.39 Å². The van der Waals surface area contributed by atoms with Gasteiger partial charge in [0.15, 0.2) is 0 Å². The monoisotopic (exact) mass is 474 g/mol. The molecular weight excluding hydrogens is 455 g/mol. The van der Waals surface area contributed by atoms with Gasteiger partial charge in [0.25, 0.3) is 11.8 Å². The van der Waals surface area contributed by atoms with E-state index in [0.29, 0.717) is 34.2 Å². The second-order valence-electron chi connectivity index (χ2n) is 7.64. The first-order valence-corrected chi connectivity index (χ1v) is 10.8. The minimum Gasteiger partial charge on any atom is -0.358 e. The first-order chi connectivity index (χ1) is 16.4. The number of terminal acetylenes is 1. The zero-order valence-electron chi connectivity index (χ0n) is 18.2. The van der Waals surface area contributed by atoms with Crippen molar-refractivity contribution >= 4 is 40.6 Å². The van der Waals surface area contributed by atoms with Crippen molar-refractivity contribution in [1.82, 2.24) is 4.90 Å². The van der Waals surface area contributed by atoms with Crippen molar-refractivity contribution in [2.75, 3.05) is 30.8 Å². The molecule has 0 bridgehead atoms. The molecule has 34 heavy (non-hydrogen) atoms. The summed E-state index contributed by atoms with van der Waals surface area (Å²) in [5.41, 5.74) is 1.94. The summed E-state index contributed by atoms with van der Waals surface area (Å²) in [4.78, 5) is 32.0. The van der Waals surface area contributed by atoms with Crippen LogP contribution in [0.5, 0.6) is 0 Å². The quantitative estimate of drug-likeness (QED) is 0.528. The van der Waals surface area contributed by atoms with Crippen LogP contribution in [0.4, 0.5) is 15.8 Å². The number of amidine groups is 1. The fourth-order valence-electron chi connectivity index (χ4n) is 3.53. The lowest BCUT2D eigenvalue weighted by atomic mass is 10.1. The number of nitrogens with one attached hydrogen (secondary N) is 2. The molecule has 1 heterocycles. The number of hydrogen-bond donors (Lipinski definition) is 2. The van der Waals surface area contributed by atoms with Gasteiger partial charge in [0.1, 0.15) is 11.7 Å². The molecule has 2 amide bonds. The molecule has 1 aliphatic heterocycles. The van der Waals surface area contributed by atoms with Crippen molar-refractivity contribution in [2.24, 2.45) is 4.99 Å². The fourth-order valence-corrected chi connectivity index (χ4v) is 3.71. The van der Waals surface area contributed by atoms with Crippen LogP contribution in [0.15, 0.2) is 65.7 Å². The van der Waals surface area contributed by atoms with Crippen molar-refractivity contribution in [1.29, 1.82) is 0 Å². The molecule has 2 N–H and O–H groups in total. The van der Waals surface area contributed by atoms with Crippen LogP contribution in [0.2, 0.25) is 5.02 Å². The maximum absolute atomic E-state index is 14.8. The van der Waals surface area contributed by atoms with Crippen LogP contribution >= 0.6 is 11.6 Å². The van der Waals surface area contributed by atoms with E-state index in [1.807, 2.05) is 11.9 Å². The van der Waals surface area contributed by atoms with Gasteiger partial charge >= 0.3 is 0 Å². The zero-order chi connectivity index (χ0) is 24.2. The van der Waals surface area contributed by atoms with E-state index >= 15 is 0 Å². The van der Waals surface area contributed by atoms with Crippen LogP contribution < -0.4 is 10.6 Å². The molecule has 0 aromatic heterocycles. The average molecular weight is 475 g/mol. The van der Waals surface area contributed by atoms with E-state index in [4.69, 9.17) is 18.0 Å². The standard InChI is InChI=1S/C26H20ClFN4O2/c1-3-16-4-8-19(9-5-16)30-26(34)21-15-18(27)7-11-23(21)31-25(33)20-10-6-17(14-22(20)28)24-29-12-13-32(24)2/h1,4-11,14-15H,12-13H2,2H3,(H,30,34)(H,31,33). The minimum atomic E-state index is -0.694. The largest absolute Gasteiger partial charge is 0.358 e. The average Bonchev–Trinajstić information content (AvgIpc) is 3.26. The number of likely N-dealkylation sites (N-methyl/N-ethyl adjacent to an activating group) is 1. The molecule has 170 valence electrons. The number of halogens is 2. The zero-order valence-corrected chi connectivity index (χ0v) is 19.0. The molecule has 0 spiro atoms. The van der Waals surface area contributed by atoms with Crippen molar-refractivity contribution in [3.63, 3.8) is 0 Å². The number of amides is 2. The summed E-state index contributed by atoms with van der Waals surface area (Å²) in [5, 5.41) is 5.66. The number of nitrogens with zero attached hydrogens (tertiary/aromatic N) is 2. The highest BCUT2D eigenvalue weighted by atomic mass is 35.5. The summed E-state index contributed by atoms with van der Waals surface area (Å²) in [5.74, 6) is 1.30. The topological polar surface area (TPSA) is 73.8 Å². The Labute approximate surface area is 201 Å². The first-order valence-electron chi connectivity index (χ1n) is 10.4. The molecule has 1 aliphatic rings. The van der Waals surface area contributed by atoms with E-state index in [2.05, 4.69) is 21.5 Å². The van der Waals surface area contributed by atoms with Gasteiger partial charge in [-0.05, 0) is 54.6 Å². The molecular formula is C26H20ClFN4O2. The summed E-state index contributed by atoms with van der Waals surface area (Å²) in [7, 11) is 1.88. The number of aliphatic imine (C=N–C) groups is 1. The Bertz CT molecular complexity index is 1350. The lowest BCUT2D eigenvalue weighted by Gasteiger charge is -2.15. The number of rotatable bonds is 5. The van der Waals surface area contributed by atoms with E-state index in [-0.39, 0.29) is 16.8 Å². The molecule has 0 aliphatic carbocycles. The Hall–Kier alpha value is -4.15. The molecule has 4 rings (SSSR count). The normalized spacial score (nSPS) is 12.6. The number of benzene rings is 3. The first kappa shape index (κ1) is 23.0. The van der Waals surface area contributed by atoms with Crippen LogP contribution in [0.3, 0.4) is 0 Å². The molecule has 0 fully saturated rings. The summed E-state index contributed by atoms with van der Waals surface area (Å²) >= 11 is 6.08. The maximum atomic E-state index is 14.8. The Morgan fingerprint density at radius 1 is 1.03 bits per heavy atom. The van der Waals surface area contributed by atoms with Crippen molar-refractivity contribution < 1.29 is 14.0 Å². The molecule has 0 atom stereocenters. The van der Waals surface area contributed by atoms with Gasteiger partial charge in [0.2, 0.25) is 0 Å². The summed E-state index contributed by atoms with van der Waals surface area (Å²) in [6.07, 6.45) is 5.35. The predicted octanol–water partition coefficient (Wildman–Crippen LogP) is 4.66. The van der Waals surface area contributed by atoms with Gasteiger partial charge in [-0.2, -0.15) is 0 Å². The third-order valence-electron chi connectivity index (χ3n) is 5.31. The van der Waals surface area contributed by atoms with E-state index in [1.165, 1.54) is 30.3 Å². The van der Waals surface area contributed by atoms with Crippen LogP contribution in [0, 0.1) is 18.2 Å². The second-order valence-corrected chi connectivity index (χ2v) is 8.08. The highest BCUT2D eigenvalue weighted by Crippen LogP contribution is 2.24. The number of anilines is 2. The minimum absolute atomic E-state index is 0.126. The molecule has 8 heteroatoms. The lowest BCUT2D eigenvalue weighted by molar-refractivity contribution is 0.102. The Balaban J connectivity index is 1.55. The Kier molecular flexibility index (Phi) is 6.62. The van der Waals surface area contributed by atoms with E-state index in [9.17, 15) is 14.0 Å². The van der Waals surface area contributed by atoms with Crippen molar-refractivity contribution in [3.8, 4) is 12.3 Å². The predicted molar refractivity (Wildman–Crippen MR) is 132 cm³/mol. The van der Waals surface area contributed by atoms with Crippen molar-refractivity contribution in [2.45, 2.75) is 0 Å². The highest BCUT2D eigenvalue weighted by Gasteiger charge is 2.20. The summed E-state index contributed by atoms with van der Waals surface area (Å²) < 4.78 is 14.8. The van der Waals surface area contributed by atoms with E-state index < -0.39 is 17.6 Å². The SMILES string of the molecule is C#Cc1ccc(NC(=O)c2cc(Cl)ccc2NC(=O)c2ccc(C3=NCCN3C)cc2F)cc1. The lowest BCUT2D eigenvalue weighted by Crippen LogP contribution is -2.24. The molecule has 0 radical (unpaired) electrons. The van der Waals surface area contributed by atoms with Crippen LogP contribution in [0.1, 0.15) is 31.8 Å². The van der Waals surface area contributed by atoms with Crippen LogP contribution in [0.25, 0.3) is 0 Å². The number of carbonyl (C=O) groups excluding carboxylic acids is 2. The second kappa shape index (κ2) is 9.77. The van der Waals surface area contributed by atoms with Gasteiger partial charge in [-0.15, -0.1) is 6.42 Å². The molecule has 0 saturated carbocycles. The summed E-state index contributed by atoms with van der Waals surface area (Å²) in [6.45, 7) is 1.40. The van der Waals surface area contributed by atoms with Gasteiger partial charge in [-0.1, -0.05) is 23.6 Å². The van der Waals surface area contributed by atoms with Gasteiger partial charge in [-0.3, -0.25) is 14.6 Å². The van der Waals surface area contributed by atoms with Gasteiger partial charge < -0.3 is 15.5 Å². The molecule has 0 unspecified atom stereocenters. The number of carbonyl (C=O) groups is 2. The Morgan fingerprint density at radius 2 is 1.76 bits per heavy atom. The fraction of sp³-hybridized carbons (Fsp3) is 0.115. The van der Waals surface area contributed by atoms with Gasteiger partial charge in [0, 0.05) is 35.4 Å². The van der Waals surface area contributed by atoms with Crippen molar-refractivity contribution in [3.05, 3.63) is 93.8 Å².